The first kappa shape index (κ1) is 18.6. The molecule has 0 saturated carbocycles. The van der Waals surface area contributed by atoms with Crippen molar-refractivity contribution in [2.24, 2.45) is 0 Å². The monoisotopic (exact) mass is 383 g/mol. The number of ether oxygens (including phenoxy) is 1. The lowest BCUT2D eigenvalue weighted by molar-refractivity contribution is 0.0526. The molecule has 0 aliphatic rings. The number of halogens is 1. The van der Waals surface area contributed by atoms with Crippen molar-refractivity contribution in [3.63, 3.8) is 0 Å². The minimum absolute atomic E-state index is 0.341. The highest BCUT2D eigenvalue weighted by Gasteiger charge is 2.07. The lowest BCUT2D eigenvalue weighted by atomic mass is 10.2. The van der Waals surface area contributed by atoms with E-state index in [9.17, 15) is 4.79 Å². The lowest BCUT2D eigenvalue weighted by Gasteiger charge is -2.08. The standard InChI is InChI=1S/C19H18ClN5O2/c1-2-27-18(26)14-5-9-16(10-6-14)23-19-24-17(12-22-25-19)21-11-13-3-7-15(20)8-4-13/h3-10,12H,2,11H2,1H3,(H2,21,23,24,25). The fraction of sp³-hybridized carbons (Fsp3) is 0.158. The quantitative estimate of drug-likeness (QED) is 0.594. The number of hydrogen-bond acceptors (Lipinski definition) is 7. The Morgan fingerprint density at radius 1 is 1.11 bits per heavy atom. The Labute approximate surface area is 161 Å². The predicted molar refractivity (Wildman–Crippen MR) is 104 cm³/mol. The highest BCUT2D eigenvalue weighted by atomic mass is 35.5. The highest BCUT2D eigenvalue weighted by molar-refractivity contribution is 6.30. The van der Waals surface area contributed by atoms with E-state index in [2.05, 4.69) is 25.8 Å². The smallest absolute Gasteiger partial charge is 0.338 e. The van der Waals surface area contributed by atoms with Crippen molar-refractivity contribution in [1.29, 1.82) is 0 Å². The molecule has 0 saturated heterocycles. The van der Waals surface area contributed by atoms with E-state index in [1.165, 1.54) is 0 Å². The molecule has 1 heterocycles. The van der Waals surface area contributed by atoms with Crippen LogP contribution in [0.5, 0.6) is 0 Å². The van der Waals surface area contributed by atoms with Crippen LogP contribution in [0.2, 0.25) is 5.02 Å². The first-order valence-corrected chi connectivity index (χ1v) is 8.74. The molecule has 27 heavy (non-hydrogen) atoms. The third kappa shape index (κ3) is 5.39. The Morgan fingerprint density at radius 2 is 1.85 bits per heavy atom. The predicted octanol–water partition coefficient (Wildman–Crippen LogP) is 4.06. The molecule has 138 valence electrons. The molecule has 7 nitrogen and oxygen atoms in total. The molecule has 0 fully saturated rings. The van der Waals surface area contributed by atoms with Gasteiger partial charge < -0.3 is 15.4 Å². The number of nitrogens with zero attached hydrogens (tertiary/aromatic N) is 3. The van der Waals surface area contributed by atoms with E-state index >= 15 is 0 Å². The average Bonchev–Trinajstić information content (AvgIpc) is 2.69. The Hall–Kier alpha value is -3.19. The van der Waals surface area contributed by atoms with Gasteiger partial charge in [-0.15, -0.1) is 5.10 Å². The molecule has 0 spiro atoms. The Bertz CT molecular complexity index is 901. The summed E-state index contributed by atoms with van der Waals surface area (Å²) in [6.07, 6.45) is 1.55. The summed E-state index contributed by atoms with van der Waals surface area (Å²) >= 11 is 5.88. The topological polar surface area (TPSA) is 89.0 Å². The third-order valence-corrected chi connectivity index (χ3v) is 3.85. The molecular weight excluding hydrogens is 366 g/mol. The molecule has 0 aliphatic carbocycles. The lowest BCUT2D eigenvalue weighted by Crippen LogP contribution is -2.06. The molecule has 0 aliphatic heterocycles. The van der Waals surface area contributed by atoms with Gasteiger partial charge >= 0.3 is 5.97 Å². The van der Waals surface area contributed by atoms with E-state index in [-0.39, 0.29) is 5.97 Å². The van der Waals surface area contributed by atoms with Crippen LogP contribution in [-0.2, 0) is 11.3 Å². The van der Waals surface area contributed by atoms with Crippen LogP contribution in [0.15, 0.2) is 54.7 Å². The van der Waals surface area contributed by atoms with Gasteiger partial charge in [-0.2, -0.15) is 10.1 Å². The summed E-state index contributed by atoms with van der Waals surface area (Å²) < 4.78 is 4.96. The second-order valence-corrected chi connectivity index (χ2v) is 6.00. The third-order valence-electron chi connectivity index (χ3n) is 3.60. The summed E-state index contributed by atoms with van der Waals surface area (Å²) in [5, 5.41) is 14.8. The van der Waals surface area contributed by atoms with Gasteiger partial charge in [-0.3, -0.25) is 0 Å². The molecule has 3 rings (SSSR count). The molecule has 0 atom stereocenters. The van der Waals surface area contributed by atoms with Crippen LogP contribution in [0.1, 0.15) is 22.8 Å². The average molecular weight is 384 g/mol. The second-order valence-electron chi connectivity index (χ2n) is 5.57. The molecule has 1 aromatic heterocycles. The number of rotatable bonds is 7. The van der Waals surface area contributed by atoms with E-state index in [1.807, 2.05) is 24.3 Å². The number of benzene rings is 2. The van der Waals surface area contributed by atoms with Crippen LogP contribution in [0.25, 0.3) is 0 Å². The Morgan fingerprint density at radius 3 is 2.56 bits per heavy atom. The van der Waals surface area contributed by atoms with Crippen molar-refractivity contribution in [2.45, 2.75) is 13.5 Å². The molecule has 2 aromatic carbocycles. The summed E-state index contributed by atoms with van der Waals surface area (Å²) in [7, 11) is 0. The van der Waals surface area contributed by atoms with E-state index in [1.54, 1.807) is 37.4 Å². The van der Waals surface area contributed by atoms with Crippen molar-refractivity contribution in [3.05, 3.63) is 70.9 Å². The molecule has 2 N–H and O–H groups in total. The number of carbonyl (C=O) groups is 1. The van der Waals surface area contributed by atoms with Crippen molar-refractivity contribution in [2.75, 3.05) is 17.2 Å². The summed E-state index contributed by atoms with van der Waals surface area (Å²) in [6.45, 7) is 2.70. The van der Waals surface area contributed by atoms with Gasteiger partial charge in [0.25, 0.3) is 0 Å². The normalized spacial score (nSPS) is 10.3. The van der Waals surface area contributed by atoms with Crippen LogP contribution >= 0.6 is 11.6 Å². The molecule has 0 amide bonds. The molecular formula is C19H18ClN5O2. The number of nitrogens with one attached hydrogen (secondary N) is 2. The van der Waals surface area contributed by atoms with Gasteiger partial charge in [-0.05, 0) is 48.9 Å². The van der Waals surface area contributed by atoms with Crippen LogP contribution in [0.3, 0.4) is 0 Å². The van der Waals surface area contributed by atoms with Gasteiger partial charge in [0.2, 0.25) is 5.95 Å². The maximum absolute atomic E-state index is 11.7. The number of esters is 1. The zero-order valence-electron chi connectivity index (χ0n) is 14.6. The van der Waals surface area contributed by atoms with Crippen LogP contribution in [0, 0.1) is 0 Å². The van der Waals surface area contributed by atoms with Crippen molar-refractivity contribution < 1.29 is 9.53 Å². The minimum atomic E-state index is -0.352. The summed E-state index contributed by atoms with van der Waals surface area (Å²) in [5.41, 5.74) is 2.29. The van der Waals surface area contributed by atoms with E-state index in [0.717, 1.165) is 11.3 Å². The van der Waals surface area contributed by atoms with Gasteiger partial charge in [0.1, 0.15) is 0 Å². The van der Waals surface area contributed by atoms with Crippen molar-refractivity contribution in [3.8, 4) is 0 Å². The van der Waals surface area contributed by atoms with E-state index in [4.69, 9.17) is 16.3 Å². The van der Waals surface area contributed by atoms with Gasteiger partial charge in [0.15, 0.2) is 5.82 Å². The zero-order chi connectivity index (χ0) is 19.1. The molecule has 8 heteroatoms. The van der Waals surface area contributed by atoms with Gasteiger partial charge in [0, 0.05) is 17.3 Å². The maximum atomic E-state index is 11.7. The summed E-state index contributed by atoms with van der Waals surface area (Å²) in [5.74, 6) is 0.584. The SMILES string of the molecule is CCOC(=O)c1ccc(Nc2nncc(NCc3ccc(Cl)cc3)n2)cc1. The number of carbonyl (C=O) groups excluding carboxylic acids is 1. The number of aromatic nitrogens is 3. The van der Waals surface area contributed by atoms with Crippen molar-refractivity contribution >= 4 is 35.0 Å². The van der Waals surface area contributed by atoms with E-state index in [0.29, 0.717) is 35.5 Å². The largest absolute Gasteiger partial charge is 0.462 e. The zero-order valence-corrected chi connectivity index (χ0v) is 15.4. The fourth-order valence-electron chi connectivity index (χ4n) is 2.27. The van der Waals surface area contributed by atoms with Crippen LogP contribution in [0.4, 0.5) is 17.5 Å². The molecule has 0 bridgehead atoms. The Kier molecular flexibility index (Phi) is 6.17. The summed E-state index contributed by atoms with van der Waals surface area (Å²) in [6, 6.07) is 14.4. The molecule has 3 aromatic rings. The molecule has 0 unspecified atom stereocenters. The maximum Gasteiger partial charge on any atom is 0.338 e. The highest BCUT2D eigenvalue weighted by Crippen LogP contribution is 2.16. The summed E-state index contributed by atoms with van der Waals surface area (Å²) in [4.78, 5) is 16.0. The number of hydrogen-bond donors (Lipinski definition) is 2. The first-order chi connectivity index (χ1) is 13.1. The minimum Gasteiger partial charge on any atom is -0.462 e. The van der Waals surface area contributed by atoms with Crippen LogP contribution in [-0.4, -0.2) is 27.8 Å². The Balaban J connectivity index is 1.61. The number of anilines is 3. The van der Waals surface area contributed by atoms with Crippen LogP contribution < -0.4 is 10.6 Å². The fourth-order valence-corrected chi connectivity index (χ4v) is 2.40. The van der Waals surface area contributed by atoms with Crippen molar-refractivity contribution in [1.82, 2.24) is 15.2 Å². The second kappa shape index (κ2) is 8.95. The van der Waals surface area contributed by atoms with E-state index < -0.39 is 0 Å². The first-order valence-electron chi connectivity index (χ1n) is 8.36. The van der Waals surface area contributed by atoms with Gasteiger partial charge in [-0.25, -0.2) is 4.79 Å². The van der Waals surface area contributed by atoms with Gasteiger partial charge in [-0.1, -0.05) is 23.7 Å². The molecule has 0 radical (unpaired) electrons. The van der Waals surface area contributed by atoms with Gasteiger partial charge in [0.05, 0.1) is 18.4 Å².